The molecule has 0 bridgehead atoms. The van der Waals surface area contributed by atoms with E-state index in [1.165, 1.54) is 6.07 Å². The summed E-state index contributed by atoms with van der Waals surface area (Å²) in [6.07, 6.45) is 0. The van der Waals surface area contributed by atoms with Gasteiger partial charge < -0.3 is 11.6 Å². The lowest BCUT2D eigenvalue weighted by atomic mass is 10.5. The van der Waals surface area contributed by atoms with Gasteiger partial charge in [0.1, 0.15) is 11.6 Å². The molecule has 0 amide bonds. The van der Waals surface area contributed by atoms with Crippen molar-refractivity contribution in [1.82, 2.24) is 9.66 Å². The topological polar surface area (TPSA) is 86.9 Å². The van der Waals surface area contributed by atoms with E-state index in [0.717, 1.165) is 4.68 Å². The number of rotatable bonds is 0. The van der Waals surface area contributed by atoms with Gasteiger partial charge in [0, 0.05) is 6.07 Å². The second-order valence-corrected chi connectivity index (χ2v) is 1.94. The van der Waals surface area contributed by atoms with Crippen molar-refractivity contribution in [3.63, 3.8) is 0 Å². The number of hydrogen-bond acceptors (Lipinski definition) is 4. The van der Waals surface area contributed by atoms with Crippen molar-refractivity contribution < 1.29 is 0 Å². The first-order chi connectivity index (χ1) is 4.61. The standard InChI is InChI=1S/C5H8N4O/c1-3-8-4(6)2-5(10)9(3)7/h2H,6-7H2,1H3. The summed E-state index contributed by atoms with van der Waals surface area (Å²) < 4.78 is 0.941. The number of nitrogen functional groups attached to an aromatic ring is 2. The molecule has 4 N–H and O–H groups in total. The van der Waals surface area contributed by atoms with Crippen LogP contribution in [0.25, 0.3) is 0 Å². The molecule has 0 aromatic carbocycles. The fourth-order valence-corrected chi connectivity index (χ4v) is 0.629. The average molecular weight is 140 g/mol. The van der Waals surface area contributed by atoms with E-state index in [4.69, 9.17) is 11.6 Å². The zero-order valence-corrected chi connectivity index (χ0v) is 5.53. The SMILES string of the molecule is Cc1nc(N)cc(=O)n1N. The highest BCUT2D eigenvalue weighted by Crippen LogP contribution is 1.90. The van der Waals surface area contributed by atoms with Crippen molar-refractivity contribution in [2.75, 3.05) is 11.6 Å². The molecule has 5 heteroatoms. The minimum atomic E-state index is -0.343. The van der Waals surface area contributed by atoms with Gasteiger partial charge in [0.25, 0.3) is 5.56 Å². The fourth-order valence-electron chi connectivity index (χ4n) is 0.629. The van der Waals surface area contributed by atoms with Gasteiger partial charge in [-0.15, -0.1) is 0 Å². The van der Waals surface area contributed by atoms with Crippen molar-refractivity contribution in [2.45, 2.75) is 6.92 Å². The summed E-state index contributed by atoms with van der Waals surface area (Å²) in [5.74, 6) is 5.84. The van der Waals surface area contributed by atoms with Crippen LogP contribution in [0.4, 0.5) is 5.82 Å². The van der Waals surface area contributed by atoms with Gasteiger partial charge in [0.05, 0.1) is 0 Å². The van der Waals surface area contributed by atoms with Crippen molar-refractivity contribution in [3.8, 4) is 0 Å². The first-order valence-corrected chi connectivity index (χ1v) is 2.72. The minimum absolute atomic E-state index is 0.198. The molecular formula is C5H8N4O. The van der Waals surface area contributed by atoms with Crippen LogP contribution in [0.15, 0.2) is 10.9 Å². The summed E-state index contributed by atoms with van der Waals surface area (Å²) in [6.45, 7) is 1.61. The van der Waals surface area contributed by atoms with Crippen LogP contribution in [0.2, 0.25) is 0 Å². The molecule has 0 saturated carbocycles. The van der Waals surface area contributed by atoms with E-state index in [0.29, 0.717) is 5.82 Å². The van der Waals surface area contributed by atoms with Gasteiger partial charge in [-0.2, -0.15) is 0 Å². The molecule has 0 radical (unpaired) electrons. The van der Waals surface area contributed by atoms with Gasteiger partial charge in [-0.25, -0.2) is 9.66 Å². The Morgan fingerprint density at radius 3 is 2.80 bits per heavy atom. The highest BCUT2D eigenvalue weighted by Gasteiger charge is 1.96. The molecule has 0 aliphatic carbocycles. The van der Waals surface area contributed by atoms with Crippen molar-refractivity contribution in [3.05, 3.63) is 22.2 Å². The third kappa shape index (κ3) is 0.928. The molecule has 1 aromatic rings. The van der Waals surface area contributed by atoms with Gasteiger partial charge in [0.2, 0.25) is 0 Å². The second-order valence-electron chi connectivity index (χ2n) is 1.94. The predicted molar refractivity (Wildman–Crippen MR) is 37.8 cm³/mol. The summed E-state index contributed by atoms with van der Waals surface area (Å²) in [7, 11) is 0. The minimum Gasteiger partial charge on any atom is -0.383 e. The van der Waals surface area contributed by atoms with E-state index >= 15 is 0 Å². The molecule has 0 saturated heterocycles. The fraction of sp³-hybridized carbons (Fsp3) is 0.200. The lowest BCUT2D eigenvalue weighted by molar-refractivity contribution is 0.835. The maximum absolute atomic E-state index is 10.8. The number of aryl methyl sites for hydroxylation is 1. The summed E-state index contributed by atoms with van der Waals surface area (Å²) >= 11 is 0. The number of anilines is 1. The van der Waals surface area contributed by atoms with Crippen molar-refractivity contribution in [1.29, 1.82) is 0 Å². The first kappa shape index (κ1) is 6.60. The Hall–Kier alpha value is -1.52. The molecule has 0 aliphatic rings. The van der Waals surface area contributed by atoms with Crippen molar-refractivity contribution in [2.24, 2.45) is 0 Å². The molecule has 0 fully saturated rings. The monoisotopic (exact) mass is 140 g/mol. The molecule has 0 unspecified atom stereocenters. The summed E-state index contributed by atoms with van der Waals surface area (Å²) in [6, 6.07) is 1.17. The summed E-state index contributed by atoms with van der Waals surface area (Å²) in [4.78, 5) is 14.5. The predicted octanol–water partition coefficient (Wildman–Crippen LogP) is -1.15. The maximum atomic E-state index is 10.8. The molecule has 0 spiro atoms. The third-order valence-corrected chi connectivity index (χ3v) is 1.15. The van der Waals surface area contributed by atoms with E-state index in [1.807, 2.05) is 0 Å². The van der Waals surface area contributed by atoms with E-state index in [2.05, 4.69) is 4.98 Å². The molecule has 0 aliphatic heterocycles. The smallest absolute Gasteiger partial charge is 0.273 e. The summed E-state index contributed by atoms with van der Waals surface area (Å²) in [5, 5.41) is 0. The van der Waals surface area contributed by atoms with Gasteiger partial charge in [0.15, 0.2) is 0 Å². The second kappa shape index (κ2) is 2.02. The van der Waals surface area contributed by atoms with Crippen LogP contribution in [0.3, 0.4) is 0 Å². The zero-order chi connectivity index (χ0) is 7.72. The molecule has 10 heavy (non-hydrogen) atoms. The van der Waals surface area contributed by atoms with Crippen LogP contribution in [-0.4, -0.2) is 9.66 Å². The number of hydrogen-bond donors (Lipinski definition) is 2. The maximum Gasteiger partial charge on any atom is 0.273 e. The van der Waals surface area contributed by atoms with Gasteiger partial charge in [-0.3, -0.25) is 4.79 Å². The molecule has 5 nitrogen and oxygen atoms in total. The molecule has 1 heterocycles. The zero-order valence-electron chi connectivity index (χ0n) is 5.53. The van der Waals surface area contributed by atoms with E-state index in [-0.39, 0.29) is 11.4 Å². The Balaban J connectivity index is 3.46. The van der Waals surface area contributed by atoms with Crippen molar-refractivity contribution >= 4 is 5.82 Å². The average Bonchev–Trinajstić information content (AvgIpc) is 1.82. The van der Waals surface area contributed by atoms with Crippen LogP contribution in [0, 0.1) is 6.92 Å². The van der Waals surface area contributed by atoms with E-state index < -0.39 is 0 Å². The number of nitrogens with two attached hydrogens (primary N) is 2. The van der Waals surface area contributed by atoms with E-state index in [9.17, 15) is 4.79 Å². The molecule has 0 atom stereocenters. The van der Waals surface area contributed by atoms with Crippen LogP contribution < -0.4 is 17.1 Å². The highest BCUT2D eigenvalue weighted by atomic mass is 16.1. The third-order valence-electron chi connectivity index (χ3n) is 1.15. The molecule has 54 valence electrons. The van der Waals surface area contributed by atoms with Gasteiger partial charge in [-0.05, 0) is 6.92 Å². The quantitative estimate of drug-likeness (QED) is 0.445. The number of aromatic nitrogens is 2. The lowest BCUT2D eigenvalue weighted by Crippen LogP contribution is -2.30. The van der Waals surface area contributed by atoms with Gasteiger partial charge in [-0.1, -0.05) is 0 Å². The molecular weight excluding hydrogens is 132 g/mol. The Bertz CT molecular complexity index is 303. The Morgan fingerprint density at radius 1 is 1.70 bits per heavy atom. The van der Waals surface area contributed by atoms with Crippen LogP contribution in [0.1, 0.15) is 5.82 Å². The molecule has 1 rings (SSSR count). The Morgan fingerprint density at radius 2 is 2.30 bits per heavy atom. The first-order valence-electron chi connectivity index (χ1n) is 2.72. The lowest BCUT2D eigenvalue weighted by Gasteiger charge is -2.00. The van der Waals surface area contributed by atoms with Gasteiger partial charge >= 0.3 is 0 Å². The molecule has 1 aromatic heterocycles. The van der Waals surface area contributed by atoms with Crippen LogP contribution >= 0.6 is 0 Å². The van der Waals surface area contributed by atoms with Crippen LogP contribution in [0.5, 0.6) is 0 Å². The Labute approximate surface area is 57.3 Å². The highest BCUT2D eigenvalue weighted by molar-refractivity contribution is 5.25. The largest absolute Gasteiger partial charge is 0.383 e. The Kier molecular flexibility index (Phi) is 1.33. The van der Waals surface area contributed by atoms with Crippen LogP contribution in [-0.2, 0) is 0 Å². The van der Waals surface area contributed by atoms with E-state index in [1.54, 1.807) is 6.92 Å². The summed E-state index contributed by atoms with van der Waals surface area (Å²) in [5.41, 5.74) is 4.91. The number of nitrogens with zero attached hydrogens (tertiary/aromatic N) is 2. The normalized spacial score (nSPS) is 9.70.